The van der Waals surface area contributed by atoms with E-state index in [1.807, 2.05) is 0 Å². The van der Waals surface area contributed by atoms with Crippen molar-refractivity contribution in [3.05, 3.63) is 71.8 Å². The number of nitrogens with zero attached hydrogens (tertiary/aromatic N) is 7. The van der Waals surface area contributed by atoms with Crippen LogP contribution in [0, 0.1) is 5.92 Å². The summed E-state index contributed by atoms with van der Waals surface area (Å²) in [5.41, 5.74) is 31.5. The highest BCUT2D eigenvalue weighted by molar-refractivity contribution is 5.96. The number of hydrazine groups is 2. The Morgan fingerprint density at radius 3 is 1.87 bits per heavy atom. The van der Waals surface area contributed by atoms with E-state index in [9.17, 15) is 53.4 Å². The molecule has 0 bridgehead atoms. The van der Waals surface area contributed by atoms with Crippen LogP contribution in [0.3, 0.4) is 0 Å². The number of hydrogen-bond donors (Lipinski definition) is 11. The average Bonchev–Trinajstić information content (AvgIpc) is 4.22. The first-order valence-corrected chi connectivity index (χ1v) is 25.3. The third-order valence-corrected chi connectivity index (χ3v) is 13.1. The Balaban J connectivity index is 1.21. The van der Waals surface area contributed by atoms with Gasteiger partial charge < -0.3 is 64.6 Å². The third-order valence-electron chi connectivity index (χ3n) is 13.1. The van der Waals surface area contributed by atoms with Crippen LogP contribution in [-0.2, 0) is 51.3 Å². The first kappa shape index (κ1) is 58.8. The number of carbonyl (C=O) groups is 9. The molecule has 0 aliphatic carbocycles. The zero-order valence-electron chi connectivity index (χ0n) is 42.5. The number of rotatable bonds is 25. The van der Waals surface area contributed by atoms with E-state index >= 15 is 0 Å². The maximum Gasteiger partial charge on any atom is 0.339 e. The lowest BCUT2D eigenvalue weighted by molar-refractivity contribution is -0.151. The summed E-state index contributed by atoms with van der Waals surface area (Å²) in [5, 5.41) is 31.7. The van der Waals surface area contributed by atoms with Gasteiger partial charge in [-0.1, -0.05) is 60.7 Å². The topological polar surface area (TPSA) is 413 Å². The highest BCUT2D eigenvalue weighted by Gasteiger charge is 2.42. The van der Waals surface area contributed by atoms with Gasteiger partial charge in [0.2, 0.25) is 29.5 Å². The highest BCUT2D eigenvalue weighted by atomic mass is 16.4. The number of nitrogens with one attached hydrogen (secondary N) is 4. The van der Waals surface area contributed by atoms with E-state index < -0.39 is 109 Å². The van der Waals surface area contributed by atoms with Crippen molar-refractivity contribution in [1.29, 1.82) is 0 Å². The van der Waals surface area contributed by atoms with E-state index in [4.69, 9.17) is 28.7 Å². The number of carboxylic acids is 1. The Morgan fingerprint density at radius 2 is 1.26 bits per heavy atom. The standard InChI is InChI=1S/C49H72N16O11/c50-34(17-8-21-56-48(53)54)44(72)64-24-11-25-65(64)49(76)62-23-10-18-37(62)42(70)57-28-39(67)58-35(26-31-12-3-1-4-13-31)41(69)59-36(30-66)45(73)61-22-9-19-38(61)43(71)60-63(29-32-14-5-2-6-15-32)40(68)27-33(46(74)75)16-7-20-55-47(51)52/h1-6,12-15,33-38,66H,7-11,16-30,50H2,(H,57,70)(H,58,67)(H,59,69)(H,60,71)(H,74,75)(H4,51,52,55)(H4,53,54,56)/t33-,34+,35?,36-,37+,38+/m0/s1. The normalized spacial score (nSPS) is 17.6. The van der Waals surface area contributed by atoms with E-state index in [-0.39, 0.29) is 96.3 Å². The molecule has 0 aromatic heterocycles. The summed E-state index contributed by atoms with van der Waals surface area (Å²) >= 11 is 0. The summed E-state index contributed by atoms with van der Waals surface area (Å²) in [7, 11) is 0. The van der Waals surface area contributed by atoms with Gasteiger partial charge in [-0.25, -0.2) is 19.8 Å². The molecule has 0 saturated carbocycles. The van der Waals surface area contributed by atoms with Crippen LogP contribution in [-0.4, -0.2) is 183 Å². The van der Waals surface area contributed by atoms with Crippen LogP contribution in [0.5, 0.6) is 0 Å². The Labute approximate surface area is 439 Å². The molecule has 9 amide bonds. The van der Waals surface area contributed by atoms with Gasteiger partial charge in [0.05, 0.1) is 31.7 Å². The van der Waals surface area contributed by atoms with Gasteiger partial charge in [-0.15, -0.1) is 0 Å². The second-order valence-electron chi connectivity index (χ2n) is 18.7. The van der Waals surface area contributed by atoms with Gasteiger partial charge in [0.25, 0.3) is 11.8 Å². The van der Waals surface area contributed by atoms with E-state index in [0.717, 1.165) is 5.01 Å². The van der Waals surface area contributed by atoms with Crippen LogP contribution in [0.15, 0.2) is 70.6 Å². The molecule has 3 aliphatic heterocycles. The number of aliphatic hydroxyl groups excluding tert-OH is 1. The Morgan fingerprint density at radius 1 is 0.684 bits per heavy atom. The number of urea groups is 1. The van der Waals surface area contributed by atoms with Crippen molar-refractivity contribution >= 4 is 65.3 Å². The summed E-state index contributed by atoms with van der Waals surface area (Å²) in [6.45, 7) is -0.483. The van der Waals surface area contributed by atoms with Crippen molar-refractivity contribution in [3.8, 4) is 0 Å². The SMILES string of the molecule is NC(N)=NCCC[C@@H](CC(=O)N(Cc1ccccc1)NC(=O)[C@H]1CCCN1C(=O)[C@H](CO)NC(=O)C(Cc1ccccc1)NC(=O)CNC(=O)[C@H]1CCCN1C(=O)N1CCCN1C(=O)[C@H](N)CCCN=C(N)N)C(=O)O. The smallest absolute Gasteiger partial charge is 0.339 e. The minimum Gasteiger partial charge on any atom is -0.481 e. The molecule has 414 valence electrons. The van der Waals surface area contributed by atoms with Crippen LogP contribution < -0.4 is 50.0 Å². The first-order valence-electron chi connectivity index (χ1n) is 25.3. The largest absolute Gasteiger partial charge is 0.481 e. The minimum atomic E-state index is -1.59. The van der Waals surface area contributed by atoms with Crippen molar-refractivity contribution in [1.82, 2.24) is 46.2 Å². The fourth-order valence-electron chi connectivity index (χ4n) is 9.18. The second kappa shape index (κ2) is 29.1. The number of benzene rings is 2. The number of carbonyl (C=O) groups excluding carboxylic acids is 8. The molecule has 27 nitrogen and oxygen atoms in total. The van der Waals surface area contributed by atoms with E-state index in [1.165, 1.54) is 19.8 Å². The number of amides is 9. The molecule has 2 aromatic rings. The van der Waals surface area contributed by atoms with Gasteiger partial charge in [-0.05, 0) is 68.9 Å². The number of nitrogens with two attached hydrogens (primary N) is 5. The van der Waals surface area contributed by atoms with E-state index in [2.05, 4.69) is 31.4 Å². The molecule has 1 unspecified atom stereocenters. The molecule has 3 fully saturated rings. The molecule has 5 rings (SSSR count). The summed E-state index contributed by atoms with van der Waals surface area (Å²) < 4.78 is 0. The first-order chi connectivity index (χ1) is 36.4. The average molecular weight is 1060 g/mol. The minimum absolute atomic E-state index is 0.0477. The van der Waals surface area contributed by atoms with Crippen molar-refractivity contribution in [2.45, 2.75) is 107 Å². The summed E-state index contributed by atoms with van der Waals surface area (Å²) in [4.78, 5) is 133. The lowest BCUT2D eigenvalue weighted by atomic mass is 9.99. The molecule has 3 heterocycles. The number of aliphatic imine (C=N–C) groups is 2. The fourth-order valence-corrected chi connectivity index (χ4v) is 9.18. The number of hydrogen-bond acceptors (Lipinski definition) is 13. The number of guanidine groups is 2. The van der Waals surface area contributed by atoms with Gasteiger partial charge in [0, 0.05) is 52.1 Å². The van der Waals surface area contributed by atoms with E-state index in [1.54, 1.807) is 60.7 Å². The molecule has 3 aliphatic rings. The predicted octanol–water partition coefficient (Wildman–Crippen LogP) is -3.08. The highest BCUT2D eigenvalue weighted by Crippen LogP contribution is 2.24. The molecular weight excluding hydrogens is 989 g/mol. The molecule has 0 spiro atoms. The van der Waals surface area contributed by atoms with Gasteiger partial charge in [0.1, 0.15) is 24.2 Å². The maximum atomic E-state index is 14.1. The third kappa shape index (κ3) is 17.3. The van der Waals surface area contributed by atoms with Gasteiger partial charge in [-0.2, -0.15) is 0 Å². The Hall–Kier alpha value is -8.07. The van der Waals surface area contributed by atoms with Crippen LogP contribution >= 0.6 is 0 Å². The summed E-state index contributed by atoms with van der Waals surface area (Å²) in [6, 6.07) is 10.7. The zero-order valence-corrected chi connectivity index (χ0v) is 42.5. The van der Waals surface area contributed by atoms with Crippen molar-refractivity contribution in [2.24, 2.45) is 44.6 Å². The molecule has 27 heteroatoms. The number of carboxylic acid groups (broad SMARTS) is 1. The molecule has 76 heavy (non-hydrogen) atoms. The van der Waals surface area contributed by atoms with E-state index in [0.29, 0.717) is 36.8 Å². The Kier molecular flexibility index (Phi) is 22.5. The second-order valence-corrected chi connectivity index (χ2v) is 18.7. The maximum absolute atomic E-state index is 14.1. The van der Waals surface area contributed by atoms with Gasteiger partial charge >= 0.3 is 12.0 Å². The molecule has 0 radical (unpaired) electrons. The van der Waals surface area contributed by atoms with Crippen LogP contribution in [0.2, 0.25) is 0 Å². The quantitative estimate of drug-likeness (QED) is 0.0203. The zero-order chi connectivity index (χ0) is 55.3. The summed E-state index contributed by atoms with van der Waals surface area (Å²) in [6.07, 6.45) is 2.23. The van der Waals surface area contributed by atoms with Gasteiger partial charge in [0.15, 0.2) is 11.9 Å². The number of likely N-dealkylation sites (tertiary alicyclic amines) is 2. The molecule has 2 aromatic carbocycles. The number of aliphatic carboxylic acids is 1. The Bertz CT molecular complexity index is 2410. The summed E-state index contributed by atoms with van der Waals surface area (Å²) in [5.74, 6) is -7.66. The van der Waals surface area contributed by atoms with Gasteiger partial charge in [-0.3, -0.25) is 53.8 Å². The van der Waals surface area contributed by atoms with Crippen LogP contribution in [0.25, 0.3) is 0 Å². The predicted molar refractivity (Wildman–Crippen MR) is 276 cm³/mol. The van der Waals surface area contributed by atoms with Crippen molar-refractivity contribution < 1.29 is 53.4 Å². The van der Waals surface area contributed by atoms with Crippen molar-refractivity contribution in [3.63, 3.8) is 0 Å². The van der Waals surface area contributed by atoms with Crippen LogP contribution in [0.4, 0.5) is 4.79 Å². The fraction of sp³-hybridized carbons (Fsp3) is 0.531. The number of aliphatic hydroxyl groups is 1. The molecule has 16 N–H and O–H groups in total. The lowest BCUT2D eigenvalue weighted by Gasteiger charge is -2.34. The van der Waals surface area contributed by atoms with Crippen LogP contribution in [0.1, 0.15) is 75.3 Å². The molecule has 6 atom stereocenters. The lowest BCUT2D eigenvalue weighted by Crippen LogP contribution is -2.59. The molecule has 3 saturated heterocycles. The monoisotopic (exact) mass is 1060 g/mol. The molecular formula is C49H72N16O11. The van der Waals surface area contributed by atoms with Crippen molar-refractivity contribution in [2.75, 3.05) is 52.4 Å².